The third-order valence-electron chi connectivity index (χ3n) is 1.67. The molecule has 0 amide bonds. The molecule has 0 bridgehead atoms. The van der Waals surface area contributed by atoms with E-state index < -0.39 is 0 Å². The molecule has 5 heteroatoms. The van der Waals surface area contributed by atoms with Crippen LogP contribution in [0, 0.1) is 0 Å². The van der Waals surface area contributed by atoms with Crippen molar-refractivity contribution in [3.8, 4) is 0 Å². The molecule has 0 aromatic carbocycles. The first-order valence-corrected chi connectivity index (χ1v) is 5.12. The lowest BCUT2D eigenvalue weighted by Crippen LogP contribution is -2.32. The summed E-state index contributed by atoms with van der Waals surface area (Å²) in [5.74, 6) is 0. The van der Waals surface area contributed by atoms with Crippen LogP contribution in [-0.2, 0) is 4.74 Å². The van der Waals surface area contributed by atoms with E-state index >= 15 is 0 Å². The molecule has 0 radical (unpaired) electrons. The van der Waals surface area contributed by atoms with Crippen LogP contribution in [0.5, 0.6) is 0 Å². The van der Waals surface area contributed by atoms with Crippen LogP contribution in [0.2, 0.25) is 0 Å². The van der Waals surface area contributed by atoms with Crippen LogP contribution in [0.4, 0.5) is 0 Å². The molecule has 0 aliphatic heterocycles. The van der Waals surface area contributed by atoms with Crippen molar-refractivity contribution in [1.82, 2.24) is 10.6 Å². The molecule has 86 valence electrons. The van der Waals surface area contributed by atoms with Crippen LogP contribution in [0.3, 0.4) is 0 Å². The fourth-order valence-electron chi connectivity index (χ4n) is 0.938. The summed E-state index contributed by atoms with van der Waals surface area (Å²) in [5, 5.41) is 23.2. The minimum Gasteiger partial charge on any atom is -0.396 e. The Kier molecular flexibility index (Phi) is 12.6. The number of unbranched alkanes of at least 4 members (excludes halogenated alkanes) is 1. The van der Waals surface area contributed by atoms with Gasteiger partial charge < -0.3 is 25.6 Å². The molecule has 0 atom stereocenters. The number of nitrogens with one attached hydrogen (secondary N) is 2. The average molecular weight is 206 g/mol. The number of ether oxygens (including phenoxy) is 1. The van der Waals surface area contributed by atoms with Gasteiger partial charge in [0.2, 0.25) is 0 Å². The fourth-order valence-corrected chi connectivity index (χ4v) is 0.938. The maximum absolute atomic E-state index is 8.51. The topological polar surface area (TPSA) is 73.8 Å². The molecule has 0 heterocycles. The molecule has 0 saturated carbocycles. The van der Waals surface area contributed by atoms with Crippen LogP contribution in [0.1, 0.15) is 12.8 Å². The van der Waals surface area contributed by atoms with E-state index in [1.807, 2.05) is 0 Å². The van der Waals surface area contributed by atoms with Crippen molar-refractivity contribution in [3.63, 3.8) is 0 Å². The van der Waals surface area contributed by atoms with Crippen molar-refractivity contribution in [2.24, 2.45) is 0 Å². The lowest BCUT2D eigenvalue weighted by Gasteiger charge is -2.06. The van der Waals surface area contributed by atoms with Gasteiger partial charge in [0.05, 0.1) is 19.8 Å². The number of hydrogen-bond acceptors (Lipinski definition) is 5. The lowest BCUT2D eigenvalue weighted by molar-refractivity contribution is 0.0937. The third-order valence-corrected chi connectivity index (χ3v) is 1.67. The fraction of sp³-hybridized carbons (Fsp3) is 1.00. The quantitative estimate of drug-likeness (QED) is 0.255. The third kappa shape index (κ3) is 11.8. The van der Waals surface area contributed by atoms with Gasteiger partial charge in [-0.1, -0.05) is 0 Å². The van der Waals surface area contributed by atoms with Crippen molar-refractivity contribution in [1.29, 1.82) is 0 Å². The Morgan fingerprint density at radius 3 is 2.36 bits per heavy atom. The van der Waals surface area contributed by atoms with E-state index in [0.717, 1.165) is 32.6 Å². The second-order valence-electron chi connectivity index (χ2n) is 2.94. The summed E-state index contributed by atoms with van der Waals surface area (Å²) in [4.78, 5) is 0. The van der Waals surface area contributed by atoms with Crippen molar-refractivity contribution in [2.75, 3.05) is 46.2 Å². The Labute approximate surface area is 85.5 Å². The largest absolute Gasteiger partial charge is 0.396 e. The SMILES string of the molecule is OCCCCNCNCCOCCO. The highest BCUT2D eigenvalue weighted by Crippen LogP contribution is 1.82. The first-order chi connectivity index (χ1) is 6.91. The zero-order valence-corrected chi connectivity index (χ0v) is 8.67. The van der Waals surface area contributed by atoms with Gasteiger partial charge in [0.15, 0.2) is 0 Å². The maximum Gasteiger partial charge on any atom is 0.0698 e. The van der Waals surface area contributed by atoms with E-state index in [0.29, 0.717) is 13.2 Å². The molecule has 0 aromatic rings. The van der Waals surface area contributed by atoms with Gasteiger partial charge in [-0.15, -0.1) is 0 Å². The second-order valence-corrected chi connectivity index (χ2v) is 2.94. The molecule has 0 aliphatic rings. The smallest absolute Gasteiger partial charge is 0.0698 e. The minimum absolute atomic E-state index is 0.0827. The van der Waals surface area contributed by atoms with E-state index in [1.165, 1.54) is 0 Å². The van der Waals surface area contributed by atoms with E-state index in [4.69, 9.17) is 14.9 Å². The summed E-state index contributed by atoms with van der Waals surface area (Å²) >= 11 is 0. The molecule has 0 spiro atoms. The molecule has 0 saturated heterocycles. The first-order valence-electron chi connectivity index (χ1n) is 5.12. The van der Waals surface area contributed by atoms with Crippen molar-refractivity contribution in [2.45, 2.75) is 12.8 Å². The summed E-state index contributed by atoms with van der Waals surface area (Å²) in [6, 6.07) is 0. The van der Waals surface area contributed by atoms with Gasteiger partial charge in [0, 0.05) is 19.8 Å². The average Bonchev–Trinajstić information content (AvgIpc) is 2.21. The highest BCUT2D eigenvalue weighted by atomic mass is 16.5. The summed E-state index contributed by atoms with van der Waals surface area (Å²) in [6.07, 6.45) is 1.85. The van der Waals surface area contributed by atoms with Gasteiger partial charge >= 0.3 is 0 Å². The summed E-state index contributed by atoms with van der Waals surface area (Å²) in [7, 11) is 0. The van der Waals surface area contributed by atoms with Crippen LogP contribution >= 0.6 is 0 Å². The zero-order valence-electron chi connectivity index (χ0n) is 8.67. The molecule has 0 unspecified atom stereocenters. The van der Waals surface area contributed by atoms with E-state index in [2.05, 4.69) is 10.6 Å². The molecule has 0 rings (SSSR count). The zero-order chi connectivity index (χ0) is 10.5. The summed E-state index contributed by atoms with van der Waals surface area (Å²) in [5.41, 5.74) is 0. The Morgan fingerprint density at radius 1 is 0.857 bits per heavy atom. The second kappa shape index (κ2) is 12.8. The van der Waals surface area contributed by atoms with Gasteiger partial charge in [0.1, 0.15) is 0 Å². The Hall–Kier alpha value is -0.200. The van der Waals surface area contributed by atoms with Crippen LogP contribution in [-0.4, -0.2) is 56.4 Å². The van der Waals surface area contributed by atoms with Gasteiger partial charge in [-0.25, -0.2) is 0 Å². The number of aliphatic hydroxyl groups is 2. The van der Waals surface area contributed by atoms with Gasteiger partial charge in [-0.3, -0.25) is 0 Å². The summed E-state index contributed by atoms with van der Waals surface area (Å²) in [6.45, 7) is 3.85. The highest BCUT2D eigenvalue weighted by molar-refractivity contribution is 4.47. The number of aliphatic hydroxyl groups excluding tert-OH is 2. The predicted octanol–water partition coefficient (Wildman–Crippen LogP) is -1.10. The highest BCUT2D eigenvalue weighted by Gasteiger charge is 1.88. The standard InChI is InChI=1S/C9H22N2O3/c12-5-2-1-3-10-9-11-4-7-14-8-6-13/h10-13H,1-9H2. The van der Waals surface area contributed by atoms with E-state index in [1.54, 1.807) is 0 Å². The minimum atomic E-state index is 0.0827. The molecule has 4 N–H and O–H groups in total. The van der Waals surface area contributed by atoms with Gasteiger partial charge in [-0.2, -0.15) is 0 Å². The Bertz CT molecular complexity index is 92.1. The number of hydrogen-bond donors (Lipinski definition) is 4. The number of rotatable bonds is 11. The Balaban J connectivity index is 2.78. The molecule has 0 aromatic heterocycles. The monoisotopic (exact) mass is 206 g/mol. The molecule has 0 fully saturated rings. The molecule has 14 heavy (non-hydrogen) atoms. The normalized spacial score (nSPS) is 10.7. The van der Waals surface area contributed by atoms with Crippen molar-refractivity contribution < 1.29 is 14.9 Å². The van der Waals surface area contributed by atoms with Crippen molar-refractivity contribution >= 4 is 0 Å². The first kappa shape index (κ1) is 13.8. The van der Waals surface area contributed by atoms with Crippen molar-refractivity contribution in [3.05, 3.63) is 0 Å². The summed E-state index contributed by atoms with van der Waals surface area (Å²) < 4.78 is 5.05. The molecule has 0 aliphatic carbocycles. The Morgan fingerprint density at radius 2 is 1.64 bits per heavy atom. The van der Waals surface area contributed by atoms with Crippen LogP contribution in [0.15, 0.2) is 0 Å². The molecule has 5 nitrogen and oxygen atoms in total. The molecular formula is C9H22N2O3. The van der Waals surface area contributed by atoms with Gasteiger partial charge in [-0.05, 0) is 19.4 Å². The predicted molar refractivity (Wildman–Crippen MR) is 55.1 cm³/mol. The van der Waals surface area contributed by atoms with Crippen LogP contribution in [0.25, 0.3) is 0 Å². The van der Waals surface area contributed by atoms with Gasteiger partial charge in [0.25, 0.3) is 0 Å². The molecular weight excluding hydrogens is 184 g/mol. The van der Waals surface area contributed by atoms with E-state index in [9.17, 15) is 0 Å². The van der Waals surface area contributed by atoms with E-state index in [-0.39, 0.29) is 13.2 Å². The lowest BCUT2D eigenvalue weighted by atomic mass is 10.3. The van der Waals surface area contributed by atoms with Crippen LogP contribution < -0.4 is 10.6 Å². The maximum atomic E-state index is 8.51.